The minimum atomic E-state index is -0.278. The van der Waals surface area contributed by atoms with Gasteiger partial charge in [-0.05, 0) is 36.1 Å². The maximum absolute atomic E-state index is 13.9. The van der Waals surface area contributed by atoms with Crippen molar-refractivity contribution in [1.82, 2.24) is 20.6 Å². The highest BCUT2D eigenvalue weighted by molar-refractivity contribution is 5.82. The molecule has 27 heavy (non-hydrogen) atoms. The zero-order valence-electron chi connectivity index (χ0n) is 15.2. The third-order valence-corrected chi connectivity index (χ3v) is 4.82. The molecule has 0 aliphatic carbocycles. The largest absolute Gasteiger partial charge is 0.357 e. The molecule has 1 fully saturated rings. The Morgan fingerprint density at radius 1 is 1.33 bits per heavy atom. The summed E-state index contributed by atoms with van der Waals surface area (Å²) < 4.78 is 13.9. The first kappa shape index (κ1) is 17.3. The SMILES string of the molecule is CN=C(NCc1cc2ccccc2[nH]1)NC1CCN(c2ncccc2F)C1. The van der Waals surface area contributed by atoms with Crippen molar-refractivity contribution in [2.24, 2.45) is 4.99 Å². The summed E-state index contributed by atoms with van der Waals surface area (Å²) in [5.74, 6) is 0.879. The predicted molar refractivity (Wildman–Crippen MR) is 106 cm³/mol. The van der Waals surface area contributed by atoms with Gasteiger partial charge in [0.05, 0.1) is 6.54 Å². The van der Waals surface area contributed by atoms with E-state index < -0.39 is 0 Å². The van der Waals surface area contributed by atoms with Crippen LogP contribution in [0.3, 0.4) is 0 Å². The van der Waals surface area contributed by atoms with Gasteiger partial charge in [0.25, 0.3) is 0 Å². The molecule has 1 saturated heterocycles. The van der Waals surface area contributed by atoms with E-state index in [1.807, 2.05) is 17.0 Å². The smallest absolute Gasteiger partial charge is 0.191 e. The molecule has 0 amide bonds. The second-order valence-electron chi connectivity index (χ2n) is 6.69. The first-order valence-corrected chi connectivity index (χ1v) is 9.12. The van der Waals surface area contributed by atoms with E-state index in [2.05, 4.69) is 43.8 Å². The summed E-state index contributed by atoms with van der Waals surface area (Å²) in [4.78, 5) is 13.8. The molecule has 0 saturated carbocycles. The lowest BCUT2D eigenvalue weighted by molar-refractivity contribution is 0.612. The number of halogens is 1. The molecule has 7 heteroatoms. The van der Waals surface area contributed by atoms with Crippen LogP contribution in [-0.2, 0) is 6.54 Å². The van der Waals surface area contributed by atoms with Gasteiger partial charge in [-0.3, -0.25) is 4.99 Å². The number of hydrogen-bond donors (Lipinski definition) is 3. The van der Waals surface area contributed by atoms with Gasteiger partial charge in [0.2, 0.25) is 0 Å². The van der Waals surface area contributed by atoms with Crippen molar-refractivity contribution in [3.8, 4) is 0 Å². The van der Waals surface area contributed by atoms with E-state index in [9.17, 15) is 4.39 Å². The Morgan fingerprint density at radius 3 is 3.04 bits per heavy atom. The maximum atomic E-state index is 13.9. The number of aliphatic imine (C=N–C) groups is 1. The minimum Gasteiger partial charge on any atom is -0.357 e. The molecule has 0 radical (unpaired) electrons. The van der Waals surface area contributed by atoms with Crippen LogP contribution in [0.25, 0.3) is 10.9 Å². The molecule has 1 unspecified atom stereocenters. The summed E-state index contributed by atoms with van der Waals surface area (Å²) in [5, 5.41) is 7.96. The van der Waals surface area contributed by atoms with Crippen LogP contribution >= 0.6 is 0 Å². The number of para-hydroxylation sites is 1. The molecule has 1 aliphatic heterocycles. The van der Waals surface area contributed by atoms with Crippen LogP contribution in [-0.4, -0.2) is 42.1 Å². The first-order valence-electron chi connectivity index (χ1n) is 9.12. The van der Waals surface area contributed by atoms with E-state index in [1.165, 1.54) is 11.5 Å². The summed E-state index contributed by atoms with van der Waals surface area (Å²) in [7, 11) is 1.76. The molecule has 0 spiro atoms. The fourth-order valence-electron chi connectivity index (χ4n) is 3.48. The Morgan fingerprint density at radius 2 is 2.22 bits per heavy atom. The van der Waals surface area contributed by atoms with Gasteiger partial charge < -0.3 is 20.5 Å². The monoisotopic (exact) mass is 366 g/mol. The van der Waals surface area contributed by atoms with Gasteiger partial charge in [-0.1, -0.05) is 18.2 Å². The van der Waals surface area contributed by atoms with E-state index in [-0.39, 0.29) is 11.9 Å². The number of nitrogens with zero attached hydrogens (tertiary/aromatic N) is 3. The van der Waals surface area contributed by atoms with Crippen LogP contribution in [0.4, 0.5) is 10.2 Å². The number of aromatic amines is 1. The van der Waals surface area contributed by atoms with Gasteiger partial charge in [0.1, 0.15) is 0 Å². The lowest BCUT2D eigenvalue weighted by Crippen LogP contribution is -2.44. The van der Waals surface area contributed by atoms with Gasteiger partial charge in [0, 0.05) is 43.6 Å². The lowest BCUT2D eigenvalue weighted by atomic mass is 10.2. The minimum absolute atomic E-state index is 0.195. The molecule has 2 aromatic heterocycles. The molecule has 6 nitrogen and oxygen atoms in total. The molecular weight excluding hydrogens is 343 g/mol. The number of guanidine groups is 1. The van der Waals surface area contributed by atoms with Crippen molar-refractivity contribution >= 4 is 22.7 Å². The number of pyridine rings is 1. The highest BCUT2D eigenvalue weighted by Crippen LogP contribution is 2.20. The fraction of sp³-hybridized carbons (Fsp3) is 0.300. The summed E-state index contributed by atoms with van der Waals surface area (Å²) >= 11 is 0. The van der Waals surface area contributed by atoms with E-state index in [1.54, 1.807) is 19.3 Å². The number of benzene rings is 1. The Balaban J connectivity index is 1.33. The average Bonchev–Trinajstić information content (AvgIpc) is 3.32. The van der Waals surface area contributed by atoms with E-state index in [0.29, 0.717) is 18.9 Å². The normalized spacial score (nSPS) is 17.5. The Labute approximate surface area is 157 Å². The standard InChI is InChI=1S/C20H23FN6/c1-22-20(24-12-16-11-14-5-2-3-7-18(14)25-16)26-15-8-10-27(13-15)19-17(21)6-4-9-23-19/h2-7,9,11,15,25H,8,10,12-13H2,1H3,(H2,22,24,26). The first-order chi connectivity index (χ1) is 13.2. The van der Waals surface area contributed by atoms with E-state index >= 15 is 0 Å². The number of rotatable bonds is 4. The summed E-state index contributed by atoms with van der Waals surface area (Å²) in [6.07, 6.45) is 2.53. The Hall–Kier alpha value is -3.09. The highest BCUT2D eigenvalue weighted by Gasteiger charge is 2.25. The lowest BCUT2D eigenvalue weighted by Gasteiger charge is -2.19. The fourth-order valence-corrected chi connectivity index (χ4v) is 3.48. The average molecular weight is 366 g/mol. The zero-order chi connectivity index (χ0) is 18.6. The van der Waals surface area contributed by atoms with Gasteiger partial charge in [-0.25, -0.2) is 9.37 Å². The molecule has 3 aromatic rings. The van der Waals surface area contributed by atoms with Crippen LogP contribution in [0, 0.1) is 5.82 Å². The van der Waals surface area contributed by atoms with Crippen LogP contribution in [0.2, 0.25) is 0 Å². The van der Waals surface area contributed by atoms with Gasteiger partial charge >= 0.3 is 0 Å². The second-order valence-corrected chi connectivity index (χ2v) is 6.69. The summed E-state index contributed by atoms with van der Waals surface area (Å²) in [6.45, 7) is 2.12. The molecule has 1 aromatic carbocycles. The van der Waals surface area contributed by atoms with E-state index in [0.717, 1.165) is 30.1 Å². The molecule has 0 bridgehead atoms. The molecule has 1 atom stereocenters. The maximum Gasteiger partial charge on any atom is 0.191 e. The number of nitrogens with one attached hydrogen (secondary N) is 3. The van der Waals surface area contributed by atoms with Gasteiger partial charge in [-0.15, -0.1) is 0 Å². The topological polar surface area (TPSA) is 68.3 Å². The third-order valence-electron chi connectivity index (χ3n) is 4.82. The molecule has 1 aliphatic rings. The van der Waals surface area contributed by atoms with Crippen LogP contribution in [0.15, 0.2) is 53.7 Å². The van der Waals surface area contributed by atoms with Crippen LogP contribution < -0.4 is 15.5 Å². The highest BCUT2D eigenvalue weighted by atomic mass is 19.1. The van der Waals surface area contributed by atoms with E-state index in [4.69, 9.17) is 0 Å². The number of anilines is 1. The third kappa shape index (κ3) is 3.86. The summed E-state index contributed by atoms with van der Waals surface area (Å²) in [6, 6.07) is 13.6. The van der Waals surface area contributed by atoms with Crippen molar-refractivity contribution < 1.29 is 4.39 Å². The van der Waals surface area contributed by atoms with Gasteiger partial charge in [0.15, 0.2) is 17.6 Å². The number of hydrogen-bond acceptors (Lipinski definition) is 3. The summed E-state index contributed by atoms with van der Waals surface area (Å²) in [5.41, 5.74) is 2.23. The predicted octanol–water partition coefficient (Wildman–Crippen LogP) is 2.65. The van der Waals surface area contributed by atoms with Crippen LogP contribution in [0.1, 0.15) is 12.1 Å². The van der Waals surface area contributed by atoms with Crippen molar-refractivity contribution in [2.45, 2.75) is 19.0 Å². The number of aromatic nitrogens is 2. The number of H-pyrrole nitrogens is 1. The van der Waals surface area contributed by atoms with Gasteiger partial charge in [-0.2, -0.15) is 0 Å². The van der Waals surface area contributed by atoms with Crippen molar-refractivity contribution in [3.63, 3.8) is 0 Å². The van der Waals surface area contributed by atoms with Crippen molar-refractivity contribution in [2.75, 3.05) is 25.0 Å². The molecule has 3 N–H and O–H groups in total. The molecule has 3 heterocycles. The molecule has 4 rings (SSSR count). The number of fused-ring (bicyclic) bond motifs is 1. The van der Waals surface area contributed by atoms with Crippen molar-refractivity contribution in [1.29, 1.82) is 0 Å². The van der Waals surface area contributed by atoms with Crippen molar-refractivity contribution in [3.05, 3.63) is 60.2 Å². The zero-order valence-corrected chi connectivity index (χ0v) is 15.2. The Bertz CT molecular complexity index is 917. The second kappa shape index (κ2) is 7.65. The quantitative estimate of drug-likeness (QED) is 0.491. The molecule has 140 valence electrons. The molecular formula is C20H23FN6. The van der Waals surface area contributed by atoms with Crippen LogP contribution in [0.5, 0.6) is 0 Å². The Kier molecular flexibility index (Phi) is 4.91.